The van der Waals surface area contributed by atoms with Crippen molar-refractivity contribution in [3.8, 4) is 0 Å². The van der Waals surface area contributed by atoms with Crippen LogP contribution in [-0.2, 0) is 4.74 Å². The minimum Gasteiger partial charge on any atom is -0.383 e. The third-order valence-electron chi connectivity index (χ3n) is 2.89. The first kappa shape index (κ1) is 13.3. The molecular weight excluding hydrogens is 298 g/mol. The average Bonchev–Trinajstić information content (AvgIpc) is 2.40. The lowest BCUT2D eigenvalue weighted by atomic mass is 10.1. The molecule has 1 aliphatic rings. The van der Waals surface area contributed by atoms with E-state index >= 15 is 0 Å². The Morgan fingerprint density at radius 2 is 2.44 bits per heavy atom. The second kappa shape index (κ2) is 6.15. The van der Waals surface area contributed by atoms with E-state index in [1.807, 2.05) is 0 Å². The Balaban J connectivity index is 1.92. The molecule has 0 aromatic carbocycles. The topological polar surface area (TPSA) is 77.2 Å². The summed E-state index contributed by atoms with van der Waals surface area (Å²) in [5.41, 5.74) is 6.06. The van der Waals surface area contributed by atoms with Crippen LogP contribution in [0.15, 0.2) is 16.7 Å². The number of hydrogen-bond acceptors (Lipinski definition) is 4. The lowest BCUT2D eigenvalue weighted by Crippen LogP contribution is -2.35. The number of hydrogen-bond donors (Lipinski definition) is 2. The molecule has 0 saturated carbocycles. The van der Waals surface area contributed by atoms with E-state index in [1.54, 1.807) is 12.3 Å². The van der Waals surface area contributed by atoms with Gasteiger partial charge in [0, 0.05) is 23.8 Å². The number of pyridine rings is 1. The Morgan fingerprint density at radius 1 is 1.61 bits per heavy atom. The number of amides is 1. The largest absolute Gasteiger partial charge is 0.383 e. The number of nitrogens with two attached hydrogens (primary N) is 1. The first-order valence-corrected chi connectivity index (χ1v) is 6.77. The van der Waals surface area contributed by atoms with Gasteiger partial charge in [0.25, 0.3) is 5.91 Å². The fourth-order valence-electron chi connectivity index (χ4n) is 1.90. The van der Waals surface area contributed by atoms with E-state index in [4.69, 9.17) is 10.5 Å². The average molecular weight is 314 g/mol. The Kier molecular flexibility index (Phi) is 4.54. The fourth-order valence-corrected chi connectivity index (χ4v) is 2.23. The summed E-state index contributed by atoms with van der Waals surface area (Å²) < 4.78 is 6.28. The number of ether oxygens (including phenoxy) is 1. The van der Waals surface area contributed by atoms with Gasteiger partial charge in [-0.05, 0) is 41.3 Å². The van der Waals surface area contributed by atoms with Gasteiger partial charge in [0.05, 0.1) is 11.7 Å². The van der Waals surface area contributed by atoms with Crippen LogP contribution in [0.2, 0.25) is 0 Å². The molecule has 0 spiro atoms. The van der Waals surface area contributed by atoms with Crippen LogP contribution in [0.5, 0.6) is 0 Å². The van der Waals surface area contributed by atoms with Crippen LogP contribution in [0, 0.1) is 0 Å². The third-order valence-corrected chi connectivity index (χ3v) is 3.33. The van der Waals surface area contributed by atoms with E-state index in [1.165, 1.54) is 0 Å². The molecule has 2 rings (SSSR count). The fraction of sp³-hybridized carbons (Fsp3) is 0.500. The van der Waals surface area contributed by atoms with Gasteiger partial charge < -0.3 is 15.8 Å². The lowest BCUT2D eigenvalue weighted by molar-refractivity contribution is 0.0169. The number of nitrogen functional groups attached to an aromatic ring is 1. The Labute approximate surface area is 114 Å². The molecule has 0 bridgehead atoms. The second-order valence-corrected chi connectivity index (χ2v) is 5.20. The molecule has 2 heterocycles. The predicted octanol–water partition coefficient (Wildman–Crippen LogP) is 1.73. The zero-order valence-electron chi connectivity index (χ0n) is 9.99. The minimum atomic E-state index is -0.213. The zero-order chi connectivity index (χ0) is 13.0. The number of anilines is 1. The maximum absolute atomic E-state index is 12.0. The zero-order valence-corrected chi connectivity index (χ0v) is 11.6. The normalized spacial score (nSPS) is 19.5. The van der Waals surface area contributed by atoms with Crippen molar-refractivity contribution in [2.75, 3.05) is 18.9 Å². The van der Waals surface area contributed by atoms with Crippen molar-refractivity contribution in [1.82, 2.24) is 10.3 Å². The summed E-state index contributed by atoms with van der Waals surface area (Å²) in [5.74, 6) is 0.0238. The molecule has 1 aliphatic heterocycles. The summed E-state index contributed by atoms with van der Waals surface area (Å²) in [6.07, 6.45) is 4.93. The molecule has 3 N–H and O–H groups in total. The van der Waals surface area contributed by atoms with E-state index in [0.29, 0.717) is 12.1 Å². The van der Waals surface area contributed by atoms with Crippen LogP contribution in [0.25, 0.3) is 0 Å². The number of carbonyl (C=O) groups excluding carboxylic acids is 1. The molecule has 0 aliphatic carbocycles. The number of nitrogens with zero attached hydrogens (tertiary/aromatic N) is 1. The van der Waals surface area contributed by atoms with Gasteiger partial charge in [0.1, 0.15) is 5.82 Å². The van der Waals surface area contributed by atoms with Gasteiger partial charge in [0.15, 0.2) is 0 Å². The van der Waals surface area contributed by atoms with Crippen LogP contribution < -0.4 is 11.1 Å². The van der Waals surface area contributed by atoms with Gasteiger partial charge in [-0.1, -0.05) is 0 Å². The van der Waals surface area contributed by atoms with Crippen LogP contribution in [0.1, 0.15) is 29.6 Å². The molecule has 1 aromatic heterocycles. The van der Waals surface area contributed by atoms with E-state index in [9.17, 15) is 4.79 Å². The minimum absolute atomic E-state index is 0.115. The second-order valence-electron chi connectivity index (χ2n) is 4.28. The van der Waals surface area contributed by atoms with E-state index < -0.39 is 0 Å². The number of nitrogens with one attached hydrogen (secondary N) is 1. The highest BCUT2D eigenvalue weighted by atomic mass is 79.9. The van der Waals surface area contributed by atoms with Crippen molar-refractivity contribution >= 4 is 27.7 Å². The Hall–Kier alpha value is -1.14. The summed E-state index contributed by atoms with van der Waals surface area (Å²) in [6, 6.07) is 1.67. The number of halogens is 1. The summed E-state index contributed by atoms with van der Waals surface area (Å²) >= 11 is 3.27. The molecule has 1 aromatic rings. The SMILES string of the molecule is Nc1ncc(Br)cc1C(=O)NCC1CCCCO1. The highest BCUT2D eigenvalue weighted by Gasteiger charge is 2.16. The smallest absolute Gasteiger partial charge is 0.255 e. The van der Waals surface area contributed by atoms with Gasteiger partial charge in [-0.3, -0.25) is 4.79 Å². The molecule has 1 atom stereocenters. The number of aromatic nitrogens is 1. The van der Waals surface area contributed by atoms with Crippen molar-refractivity contribution in [3.63, 3.8) is 0 Å². The van der Waals surface area contributed by atoms with Gasteiger partial charge in [-0.2, -0.15) is 0 Å². The highest BCUT2D eigenvalue weighted by molar-refractivity contribution is 9.10. The molecule has 1 saturated heterocycles. The lowest BCUT2D eigenvalue weighted by Gasteiger charge is -2.22. The Morgan fingerprint density at radius 3 is 3.17 bits per heavy atom. The molecule has 0 radical (unpaired) electrons. The van der Waals surface area contributed by atoms with Crippen molar-refractivity contribution < 1.29 is 9.53 Å². The van der Waals surface area contributed by atoms with E-state index in [-0.39, 0.29) is 17.8 Å². The maximum Gasteiger partial charge on any atom is 0.255 e. The van der Waals surface area contributed by atoms with Crippen LogP contribution >= 0.6 is 15.9 Å². The third kappa shape index (κ3) is 3.43. The van der Waals surface area contributed by atoms with Crippen molar-refractivity contribution in [2.45, 2.75) is 25.4 Å². The standard InChI is InChI=1S/C12H16BrN3O2/c13-8-5-10(11(14)15-6-8)12(17)16-7-9-3-1-2-4-18-9/h5-6,9H,1-4,7H2,(H2,14,15)(H,16,17). The van der Waals surface area contributed by atoms with Crippen molar-refractivity contribution in [3.05, 3.63) is 22.3 Å². The summed E-state index contributed by atoms with van der Waals surface area (Å²) in [4.78, 5) is 15.9. The summed E-state index contributed by atoms with van der Waals surface area (Å²) in [7, 11) is 0. The molecule has 98 valence electrons. The Bertz CT molecular complexity index is 433. The number of carbonyl (C=O) groups is 1. The van der Waals surface area contributed by atoms with E-state index in [0.717, 1.165) is 30.3 Å². The van der Waals surface area contributed by atoms with Crippen LogP contribution in [-0.4, -0.2) is 30.1 Å². The maximum atomic E-state index is 12.0. The molecule has 5 nitrogen and oxygen atoms in total. The molecule has 18 heavy (non-hydrogen) atoms. The van der Waals surface area contributed by atoms with Gasteiger partial charge in [0.2, 0.25) is 0 Å². The molecular formula is C12H16BrN3O2. The highest BCUT2D eigenvalue weighted by Crippen LogP contribution is 2.16. The van der Waals surface area contributed by atoms with Gasteiger partial charge in [-0.25, -0.2) is 4.98 Å². The first-order chi connectivity index (χ1) is 8.66. The summed E-state index contributed by atoms with van der Waals surface area (Å²) in [6.45, 7) is 1.30. The van der Waals surface area contributed by atoms with Crippen LogP contribution in [0.4, 0.5) is 5.82 Å². The monoisotopic (exact) mass is 313 g/mol. The van der Waals surface area contributed by atoms with Crippen LogP contribution in [0.3, 0.4) is 0 Å². The van der Waals surface area contributed by atoms with Crippen molar-refractivity contribution in [1.29, 1.82) is 0 Å². The van der Waals surface area contributed by atoms with Gasteiger partial charge in [-0.15, -0.1) is 0 Å². The van der Waals surface area contributed by atoms with E-state index in [2.05, 4.69) is 26.2 Å². The summed E-state index contributed by atoms with van der Waals surface area (Å²) in [5, 5.41) is 2.83. The van der Waals surface area contributed by atoms with Gasteiger partial charge >= 0.3 is 0 Å². The molecule has 1 unspecified atom stereocenters. The predicted molar refractivity (Wildman–Crippen MR) is 72.3 cm³/mol. The van der Waals surface area contributed by atoms with Crippen molar-refractivity contribution in [2.24, 2.45) is 0 Å². The quantitative estimate of drug-likeness (QED) is 0.891. The molecule has 1 amide bonds. The molecule has 1 fully saturated rings. The number of rotatable bonds is 3. The molecule has 6 heteroatoms. The first-order valence-electron chi connectivity index (χ1n) is 5.97.